The molecule has 1 N–H and O–H groups in total. The average Bonchev–Trinajstić information content (AvgIpc) is 3.20. The number of carbonyl (C=O) groups excluding carboxylic acids is 1. The Morgan fingerprint density at radius 2 is 2.00 bits per heavy atom. The standard InChI is InChI=1S/C22H27N5O3/c1-16-10-12-27(17(2)18-7-5-4-6-8-18)22(29)20(16)21(28)23-11-9-19-25-24-15-26(19)13-14-30-3/h4-8,10,12,15,17H,9,11,13-14H2,1-3H3,(H,23,28). The van der Waals surface area contributed by atoms with E-state index in [1.165, 1.54) is 0 Å². The predicted octanol–water partition coefficient (Wildman–Crippen LogP) is 1.98. The molecule has 3 aromatic rings. The minimum absolute atomic E-state index is 0.168. The number of pyridine rings is 1. The number of nitrogens with zero attached hydrogens (tertiary/aromatic N) is 4. The third-order valence-electron chi connectivity index (χ3n) is 5.12. The van der Waals surface area contributed by atoms with Gasteiger partial charge < -0.3 is 19.2 Å². The number of carbonyl (C=O) groups is 1. The van der Waals surface area contributed by atoms with Gasteiger partial charge in [-0.2, -0.15) is 0 Å². The Morgan fingerprint density at radius 1 is 1.23 bits per heavy atom. The summed E-state index contributed by atoms with van der Waals surface area (Å²) in [7, 11) is 1.64. The topological polar surface area (TPSA) is 91.0 Å². The highest BCUT2D eigenvalue weighted by molar-refractivity contribution is 5.95. The molecule has 30 heavy (non-hydrogen) atoms. The summed E-state index contributed by atoms with van der Waals surface area (Å²) in [6.07, 6.45) is 3.89. The van der Waals surface area contributed by atoms with E-state index in [1.54, 1.807) is 37.2 Å². The smallest absolute Gasteiger partial charge is 0.264 e. The molecule has 1 atom stereocenters. The quantitative estimate of drug-likeness (QED) is 0.584. The summed E-state index contributed by atoms with van der Waals surface area (Å²) < 4.78 is 8.56. The van der Waals surface area contributed by atoms with Crippen LogP contribution in [-0.2, 0) is 17.7 Å². The van der Waals surface area contributed by atoms with Crippen molar-refractivity contribution < 1.29 is 9.53 Å². The van der Waals surface area contributed by atoms with E-state index in [2.05, 4.69) is 15.5 Å². The van der Waals surface area contributed by atoms with Crippen molar-refractivity contribution in [3.63, 3.8) is 0 Å². The maximum atomic E-state index is 13.1. The van der Waals surface area contributed by atoms with Crippen molar-refractivity contribution in [1.82, 2.24) is 24.6 Å². The Morgan fingerprint density at radius 3 is 2.73 bits per heavy atom. The molecule has 0 saturated heterocycles. The van der Waals surface area contributed by atoms with Crippen LogP contribution in [0.5, 0.6) is 0 Å². The number of amides is 1. The van der Waals surface area contributed by atoms with E-state index in [1.807, 2.05) is 41.8 Å². The van der Waals surface area contributed by atoms with E-state index >= 15 is 0 Å². The largest absolute Gasteiger partial charge is 0.383 e. The summed E-state index contributed by atoms with van der Waals surface area (Å²) in [5.41, 5.74) is 1.52. The van der Waals surface area contributed by atoms with Gasteiger partial charge in [-0.15, -0.1) is 10.2 Å². The Kier molecular flexibility index (Phi) is 7.13. The van der Waals surface area contributed by atoms with Crippen LogP contribution in [-0.4, -0.2) is 45.5 Å². The fraction of sp³-hybridized carbons (Fsp3) is 0.364. The highest BCUT2D eigenvalue weighted by Crippen LogP contribution is 2.16. The second kappa shape index (κ2) is 9.98. The lowest BCUT2D eigenvalue weighted by atomic mass is 10.1. The van der Waals surface area contributed by atoms with Crippen molar-refractivity contribution in [2.75, 3.05) is 20.3 Å². The maximum Gasteiger partial charge on any atom is 0.264 e. The van der Waals surface area contributed by atoms with Crippen LogP contribution in [0.3, 0.4) is 0 Å². The molecule has 2 aromatic heterocycles. The third kappa shape index (κ3) is 4.83. The van der Waals surface area contributed by atoms with Gasteiger partial charge in [-0.1, -0.05) is 30.3 Å². The molecule has 0 radical (unpaired) electrons. The molecular weight excluding hydrogens is 382 g/mol. The monoisotopic (exact) mass is 409 g/mol. The van der Waals surface area contributed by atoms with Gasteiger partial charge in [0.2, 0.25) is 0 Å². The molecule has 0 fully saturated rings. The number of aromatic nitrogens is 4. The summed E-state index contributed by atoms with van der Waals surface area (Å²) in [6, 6.07) is 11.4. The van der Waals surface area contributed by atoms with Crippen molar-refractivity contribution in [3.05, 3.63) is 81.8 Å². The summed E-state index contributed by atoms with van der Waals surface area (Å²) in [6.45, 7) is 5.27. The van der Waals surface area contributed by atoms with E-state index in [9.17, 15) is 9.59 Å². The number of rotatable bonds is 9. The average molecular weight is 409 g/mol. The zero-order valence-corrected chi connectivity index (χ0v) is 17.5. The first kappa shape index (κ1) is 21.4. The van der Waals surface area contributed by atoms with Gasteiger partial charge in [0.1, 0.15) is 17.7 Å². The molecular formula is C22H27N5O3. The maximum absolute atomic E-state index is 13.1. The molecule has 0 aliphatic heterocycles. The molecule has 8 heteroatoms. The van der Waals surface area contributed by atoms with Crippen molar-refractivity contribution >= 4 is 5.91 Å². The number of hydrogen-bond acceptors (Lipinski definition) is 5. The summed E-state index contributed by atoms with van der Waals surface area (Å²) >= 11 is 0. The first-order valence-corrected chi connectivity index (χ1v) is 9.93. The lowest BCUT2D eigenvalue weighted by Crippen LogP contribution is -2.36. The van der Waals surface area contributed by atoms with Crippen LogP contribution in [0.2, 0.25) is 0 Å². The van der Waals surface area contributed by atoms with E-state index in [0.717, 1.165) is 11.4 Å². The van der Waals surface area contributed by atoms with Crippen molar-refractivity contribution in [3.8, 4) is 0 Å². The third-order valence-corrected chi connectivity index (χ3v) is 5.12. The second-order valence-corrected chi connectivity index (χ2v) is 7.11. The first-order valence-electron chi connectivity index (χ1n) is 9.93. The Hall–Kier alpha value is -3.26. The zero-order chi connectivity index (χ0) is 21.5. The fourth-order valence-corrected chi connectivity index (χ4v) is 3.34. The van der Waals surface area contributed by atoms with E-state index < -0.39 is 0 Å². The number of nitrogens with one attached hydrogen (secondary N) is 1. The normalized spacial score (nSPS) is 12.0. The van der Waals surface area contributed by atoms with Crippen molar-refractivity contribution in [2.45, 2.75) is 32.9 Å². The van der Waals surface area contributed by atoms with Gasteiger partial charge in [0.25, 0.3) is 11.5 Å². The van der Waals surface area contributed by atoms with Crippen LogP contribution < -0.4 is 10.9 Å². The Labute approximate surface area is 175 Å². The zero-order valence-electron chi connectivity index (χ0n) is 17.5. The first-order chi connectivity index (χ1) is 14.5. The number of ether oxygens (including phenoxy) is 1. The molecule has 2 heterocycles. The highest BCUT2D eigenvalue weighted by Gasteiger charge is 2.18. The summed E-state index contributed by atoms with van der Waals surface area (Å²) in [5.74, 6) is 0.377. The molecule has 0 spiro atoms. The van der Waals surface area contributed by atoms with Gasteiger partial charge in [-0.3, -0.25) is 9.59 Å². The minimum Gasteiger partial charge on any atom is -0.383 e. The van der Waals surface area contributed by atoms with Crippen LogP contribution in [0.15, 0.2) is 53.7 Å². The molecule has 158 valence electrons. The van der Waals surface area contributed by atoms with E-state index in [4.69, 9.17) is 4.74 Å². The Balaban J connectivity index is 1.72. The van der Waals surface area contributed by atoms with Gasteiger partial charge >= 0.3 is 0 Å². The number of hydrogen-bond donors (Lipinski definition) is 1. The molecule has 3 rings (SSSR count). The van der Waals surface area contributed by atoms with Crippen LogP contribution in [0.1, 0.15) is 40.3 Å². The van der Waals surface area contributed by atoms with E-state index in [-0.39, 0.29) is 23.1 Å². The molecule has 1 unspecified atom stereocenters. The minimum atomic E-state index is -0.380. The van der Waals surface area contributed by atoms with Crippen molar-refractivity contribution in [2.24, 2.45) is 0 Å². The predicted molar refractivity (Wildman–Crippen MR) is 114 cm³/mol. The fourth-order valence-electron chi connectivity index (χ4n) is 3.34. The van der Waals surface area contributed by atoms with Crippen LogP contribution >= 0.6 is 0 Å². The molecule has 0 aliphatic rings. The number of methoxy groups -OCH3 is 1. The second-order valence-electron chi connectivity index (χ2n) is 7.11. The van der Waals surface area contributed by atoms with Gasteiger partial charge in [-0.25, -0.2) is 0 Å². The highest BCUT2D eigenvalue weighted by atomic mass is 16.5. The lowest BCUT2D eigenvalue weighted by molar-refractivity contribution is 0.0951. The van der Waals surface area contributed by atoms with E-state index in [0.29, 0.717) is 31.7 Å². The van der Waals surface area contributed by atoms with Gasteiger partial charge in [0.15, 0.2) is 0 Å². The SMILES string of the molecule is COCCn1cnnc1CCNC(=O)c1c(C)ccn(C(C)c2ccccc2)c1=O. The van der Waals surface area contributed by atoms with Gasteiger partial charge in [0, 0.05) is 32.8 Å². The summed E-state index contributed by atoms with van der Waals surface area (Å²) in [4.78, 5) is 25.9. The molecule has 0 saturated carbocycles. The Bertz CT molecular complexity index is 1040. The summed E-state index contributed by atoms with van der Waals surface area (Å²) in [5, 5.41) is 10.8. The van der Waals surface area contributed by atoms with Crippen LogP contribution in [0.25, 0.3) is 0 Å². The molecule has 8 nitrogen and oxygen atoms in total. The van der Waals surface area contributed by atoms with Gasteiger partial charge in [0.05, 0.1) is 12.6 Å². The molecule has 1 aromatic carbocycles. The molecule has 1 amide bonds. The van der Waals surface area contributed by atoms with Crippen LogP contribution in [0, 0.1) is 6.92 Å². The number of benzene rings is 1. The lowest BCUT2D eigenvalue weighted by Gasteiger charge is -2.17. The molecule has 0 bridgehead atoms. The number of aryl methyl sites for hydroxylation is 1. The van der Waals surface area contributed by atoms with Crippen molar-refractivity contribution in [1.29, 1.82) is 0 Å². The van der Waals surface area contributed by atoms with Gasteiger partial charge in [-0.05, 0) is 31.0 Å². The molecule has 0 aliphatic carbocycles. The van der Waals surface area contributed by atoms with Crippen LogP contribution in [0.4, 0.5) is 0 Å².